The Morgan fingerprint density at radius 1 is 1.30 bits per heavy atom. The number of hydrogen-bond donors (Lipinski definition) is 1. The van der Waals surface area contributed by atoms with Gasteiger partial charge in [-0.2, -0.15) is 0 Å². The maximum Gasteiger partial charge on any atom is 0.347 e. The molecule has 0 aromatic carbocycles. The Balaban J connectivity index is 1.97. The highest BCUT2D eigenvalue weighted by Crippen LogP contribution is 2.36. The van der Waals surface area contributed by atoms with Gasteiger partial charge >= 0.3 is 5.97 Å². The zero-order chi connectivity index (χ0) is 14.5. The first-order chi connectivity index (χ1) is 9.36. The van der Waals surface area contributed by atoms with E-state index in [-0.39, 0.29) is 11.5 Å². The van der Waals surface area contributed by atoms with E-state index in [1.54, 1.807) is 0 Å². The third-order valence-electron chi connectivity index (χ3n) is 4.11. The number of carboxylic acids is 1. The lowest BCUT2D eigenvalue weighted by atomic mass is 9.91. The Kier molecular flexibility index (Phi) is 3.35. The molecule has 4 heterocycles. The number of nitrogens with zero attached hydrogens (tertiary/aromatic N) is 3. The second-order valence-electron chi connectivity index (χ2n) is 6.64. The van der Waals surface area contributed by atoms with Crippen LogP contribution in [0, 0.1) is 0 Å². The zero-order valence-electron chi connectivity index (χ0n) is 12.2. The molecule has 3 aliphatic heterocycles. The van der Waals surface area contributed by atoms with Gasteiger partial charge in [-0.05, 0) is 0 Å². The van der Waals surface area contributed by atoms with Gasteiger partial charge < -0.3 is 5.11 Å². The van der Waals surface area contributed by atoms with Crippen LogP contribution in [0.5, 0.6) is 0 Å². The average Bonchev–Trinajstić information content (AvgIpc) is 2.85. The van der Waals surface area contributed by atoms with E-state index in [0.29, 0.717) is 4.88 Å². The third-order valence-corrected chi connectivity index (χ3v) is 5.26. The number of aromatic nitrogens is 1. The first-order valence-corrected chi connectivity index (χ1v) is 7.89. The number of rotatable bonds is 2. The molecule has 20 heavy (non-hydrogen) atoms. The number of carbonyl (C=O) groups is 1. The van der Waals surface area contributed by atoms with Gasteiger partial charge in [0, 0.05) is 38.1 Å². The summed E-state index contributed by atoms with van der Waals surface area (Å²) in [4.78, 5) is 21.5. The van der Waals surface area contributed by atoms with Crippen LogP contribution in [0.2, 0.25) is 0 Å². The number of aromatic carboxylic acids is 1. The van der Waals surface area contributed by atoms with Crippen molar-refractivity contribution in [1.82, 2.24) is 14.8 Å². The van der Waals surface area contributed by atoms with E-state index in [0.717, 1.165) is 43.4 Å². The predicted molar refractivity (Wildman–Crippen MR) is 78.5 cm³/mol. The molecule has 0 aliphatic carbocycles. The summed E-state index contributed by atoms with van der Waals surface area (Å²) in [6, 6.07) is 0.275. The second-order valence-corrected chi connectivity index (χ2v) is 7.67. The number of carboxylic acid groups (broad SMARTS) is 1. The van der Waals surface area contributed by atoms with E-state index in [9.17, 15) is 9.90 Å². The lowest BCUT2D eigenvalue weighted by Crippen LogP contribution is -2.56. The molecule has 3 saturated heterocycles. The molecule has 1 aromatic rings. The summed E-state index contributed by atoms with van der Waals surface area (Å²) in [7, 11) is 0. The van der Waals surface area contributed by atoms with Gasteiger partial charge in [0.2, 0.25) is 0 Å². The third kappa shape index (κ3) is 2.36. The van der Waals surface area contributed by atoms with E-state index < -0.39 is 5.97 Å². The minimum atomic E-state index is -0.852. The normalized spacial score (nSPS) is 29.6. The molecule has 0 spiro atoms. The van der Waals surface area contributed by atoms with Crippen molar-refractivity contribution < 1.29 is 9.90 Å². The van der Waals surface area contributed by atoms with Gasteiger partial charge in [0.05, 0.1) is 11.7 Å². The molecule has 1 unspecified atom stereocenters. The number of piperazine rings is 3. The molecule has 6 heteroatoms. The largest absolute Gasteiger partial charge is 0.477 e. The van der Waals surface area contributed by atoms with Crippen LogP contribution in [0.4, 0.5) is 0 Å². The Hall–Kier alpha value is -0.980. The van der Waals surface area contributed by atoms with Crippen LogP contribution in [0.15, 0.2) is 0 Å². The molecule has 4 rings (SSSR count). The van der Waals surface area contributed by atoms with Crippen LogP contribution in [0.1, 0.15) is 47.2 Å². The van der Waals surface area contributed by atoms with Crippen molar-refractivity contribution in [3.63, 3.8) is 0 Å². The molecule has 0 amide bonds. The van der Waals surface area contributed by atoms with Crippen LogP contribution in [0.3, 0.4) is 0 Å². The van der Waals surface area contributed by atoms with Crippen LogP contribution in [-0.4, -0.2) is 58.6 Å². The van der Waals surface area contributed by atoms with Crippen molar-refractivity contribution in [2.75, 3.05) is 32.7 Å². The van der Waals surface area contributed by atoms with Gasteiger partial charge in [0.1, 0.15) is 9.88 Å². The first kappa shape index (κ1) is 14.0. The summed E-state index contributed by atoms with van der Waals surface area (Å²) in [5, 5.41) is 10.4. The van der Waals surface area contributed by atoms with E-state index in [4.69, 9.17) is 4.98 Å². The smallest absolute Gasteiger partial charge is 0.347 e. The van der Waals surface area contributed by atoms with Crippen molar-refractivity contribution in [2.24, 2.45) is 0 Å². The molecule has 3 aliphatic rings. The second kappa shape index (κ2) is 4.79. The summed E-state index contributed by atoms with van der Waals surface area (Å²) in [6.45, 7) is 11.4. The van der Waals surface area contributed by atoms with Crippen molar-refractivity contribution in [3.8, 4) is 0 Å². The van der Waals surface area contributed by atoms with Gasteiger partial charge in [0.25, 0.3) is 0 Å². The van der Waals surface area contributed by atoms with Gasteiger partial charge in [-0.25, -0.2) is 9.78 Å². The molecule has 3 fully saturated rings. The monoisotopic (exact) mass is 295 g/mol. The number of hydrogen-bond acceptors (Lipinski definition) is 5. The Morgan fingerprint density at radius 3 is 2.35 bits per heavy atom. The maximum absolute atomic E-state index is 11.5. The van der Waals surface area contributed by atoms with E-state index >= 15 is 0 Å². The summed E-state index contributed by atoms with van der Waals surface area (Å²) in [6.07, 6.45) is 0. The molecule has 0 radical (unpaired) electrons. The van der Waals surface area contributed by atoms with Crippen molar-refractivity contribution in [1.29, 1.82) is 0 Å². The first-order valence-electron chi connectivity index (χ1n) is 7.07. The minimum Gasteiger partial charge on any atom is -0.477 e. The average molecular weight is 295 g/mol. The number of fused-ring (bicyclic) bond motifs is 3. The lowest BCUT2D eigenvalue weighted by molar-refractivity contribution is 0.0122. The summed E-state index contributed by atoms with van der Waals surface area (Å²) < 4.78 is 0. The van der Waals surface area contributed by atoms with E-state index in [1.165, 1.54) is 11.3 Å². The molecule has 110 valence electrons. The quantitative estimate of drug-likeness (QED) is 0.902. The zero-order valence-corrected chi connectivity index (χ0v) is 13.0. The lowest BCUT2D eigenvalue weighted by Gasteiger charge is -2.46. The van der Waals surface area contributed by atoms with Crippen LogP contribution in [-0.2, 0) is 5.41 Å². The fraction of sp³-hybridized carbons (Fsp3) is 0.714. The SMILES string of the molecule is CC(C)(C)c1nc(C2CN3CCN2CC3)sc1C(=O)O. The molecule has 1 aromatic heterocycles. The van der Waals surface area contributed by atoms with Crippen molar-refractivity contribution >= 4 is 17.3 Å². The standard InChI is InChI=1S/C14H21N3O2S/c1-14(2,3)11-10(13(18)19)20-12(15-11)9-8-16-4-6-17(9)7-5-16/h9H,4-8H2,1-3H3,(H,18,19). The molecule has 1 atom stereocenters. The van der Waals surface area contributed by atoms with E-state index in [1.807, 2.05) is 20.8 Å². The van der Waals surface area contributed by atoms with Crippen molar-refractivity contribution in [3.05, 3.63) is 15.6 Å². The molecule has 1 N–H and O–H groups in total. The molecule has 5 nitrogen and oxygen atoms in total. The topological polar surface area (TPSA) is 56.7 Å². The summed E-state index contributed by atoms with van der Waals surface area (Å²) >= 11 is 1.36. The van der Waals surface area contributed by atoms with Gasteiger partial charge in [-0.15, -0.1) is 11.3 Å². The Bertz CT molecular complexity index is 527. The van der Waals surface area contributed by atoms with Crippen LogP contribution >= 0.6 is 11.3 Å². The minimum absolute atomic E-state index is 0.230. The van der Waals surface area contributed by atoms with Gasteiger partial charge in [0.15, 0.2) is 0 Å². The van der Waals surface area contributed by atoms with Crippen LogP contribution in [0.25, 0.3) is 0 Å². The van der Waals surface area contributed by atoms with Crippen molar-refractivity contribution in [2.45, 2.75) is 32.2 Å². The van der Waals surface area contributed by atoms with E-state index in [2.05, 4.69) is 9.80 Å². The fourth-order valence-electron chi connectivity index (χ4n) is 2.98. The molecule has 2 bridgehead atoms. The van der Waals surface area contributed by atoms with Gasteiger partial charge in [-0.1, -0.05) is 20.8 Å². The molecule has 0 saturated carbocycles. The summed E-state index contributed by atoms with van der Waals surface area (Å²) in [5.41, 5.74) is 0.494. The predicted octanol–water partition coefficient (Wildman–Crippen LogP) is 1.81. The highest BCUT2D eigenvalue weighted by molar-refractivity contribution is 7.13. The Morgan fingerprint density at radius 2 is 1.95 bits per heavy atom. The molecular weight excluding hydrogens is 274 g/mol. The van der Waals surface area contributed by atoms with Gasteiger partial charge in [-0.3, -0.25) is 9.80 Å². The number of thiazole rings is 1. The van der Waals surface area contributed by atoms with Crippen LogP contribution < -0.4 is 0 Å². The highest BCUT2D eigenvalue weighted by atomic mass is 32.1. The highest BCUT2D eigenvalue weighted by Gasteiger charge is 2.37. The Labute approximate surface area is 123 Å². The fourth-order valence-corrected chi connectivity index (χ4v) is 4.23. The maximum atomic E-state index is 11.5. The summed E-state index contributed by atoms with van der Waals surface area (Å²) in [5.74, 6) is -0.852. The molecular formula is C14H21N3O2S.